The number of ether oxygens (including phenoxy) is 2. The fourth-order valence-electron chi connectivity index (χ4n) is 4.07. The number of halogens is 2. The standard InChI is InChI=1S/C25H21ClFN3O2/c1-31-25-28-20-14-30(21-9-5-8-17-10-11-19(27)23(26)22(17)21)13-12-18(20)24(29-25)32-15-16-6-3-2-4-7-16/h2-11H,12-15H2,1H3. The molecule has 162 valence electrons. The molecule has 5 rings (SSSR count). The molecular formula is C25H21ClFN3O2. The largest absolute Gasteiger partial charge is 0.472 e. The quantitative estimate of drug-likeness (QED) is 0.398. The molecule has 4 aromatic rings. The summed E-state index contributed by atoms with van der Waals surface area (Å²) >= 11 is 6.36. The number of anilines is 1. The Morgan fingerprint density at radius 1 is 1.03 bits per heavy atom. The number of hydrogen-bond donors (Lipinski definition) is 0. The number of nitrogens with zero attached hydrogens (tertiary/aromatic N) is 3. The number of rotatable bonds is 5. The number of hydrogen-bond acceptors (Lipinski definition) is 5. The van der Waals surface area contributed by atoms with Crippen molar-refractivity contribution in [3.8, 4) is 11.9 Å². The van der Waals surface area contributed by atoms with Gasteiger partial charge in [0.25, 0.3) is 0 Å². The molecule has 1 aliphatic heterocycles. The van der Waals surface area contributed by atoms with Crippen LogP contribution in [0.25, 0.3) is 10.8 Å². The summed E-state index contributed by atoms with van der Waals surface area (Å²) in [5.74, 6) is 0.113. The van der Waals surface area contributed by atoms with Gasteiger partial charge in [0.15, 0.2) is 0 Å². The van der Waals surface area contributed by atoms with Gasteiger partial charge in [-0.3, -0.25) is 0 Å². The maximum Gasteiger partial charge on any atom is 0.319 e. The minimum Gasteiger partial charge on any atom is -0.472 e. The van der Waals surface area contributed by atoms with Crippen LogP contribution in [0.4, 0.5) is 10.1 Å². The van der Waals surface area contributed by atoms with E-state index >= 15 is 0 Å². The zero-order valence-corrected chi connectivity index (χ0v) is 18.3. The molecule has 7 heteroatoms. The SMILES string of the molecule is COc1nc2c(c(OCc3ccccc3)n1)CCN(c1cccc3ccc(F)c(Cl)c13)C2. The lowest BCUT2D eigenvalue weighted by atomic mass is 10.0. The van der Waals surface area contributed by atoms with Crippen LogP contribution in [0, 0.1) is 5.82 Å². The molecule has 1 aliphatic rings. The second-order valence-electron chi connectivity index (χ2n) is 7.62. The summed E-state index contributed by atoms with van der Waals surface area (Å²) in [5.41, 5.74) is 3.73. The highest BCUT2D eigenvalue weighted by Crippen LogP contribution is 2.37. The zero-order chi connectivity index (χ0) is 22.1. The molecule has 32 heavy (non-hydrogen) atoms. The lowest BCUT2D eigenvalue weighted by Crippen LogP contribution is -2.32. The lowest BCUT2D eigenvalue weighted by molar-refractivity contribution is 0.278. The van der Waals surface area contributed by atoms with Crippen LogP contribution in [0.3, 0.4) is 0 Å². The molecule has 0 amide bonds. The Bertz CT molecular complexity index is 1280. The maximum absolute atomic E-state index is 14.2. The molecule has 0 radical (unpaired) electrons. The first kappa shape index (κ1) is 20.5. The number of aromatic nitrogens is 2. The smallest absolute Gasteiger partial charge is 0.319 e. The van der Waals surface area contributed by atoms with Crippen LogP contribution in [0.1, 0.15) is 16.8 Å². The second kappa shape index (κ2) is 8.63. The first-order valence-electron chi connectivity index (χ1n) is 10.4. The third-order valence-electron chi connectivity index (χ3n) is 5.66. The van der Waals surface area contributed by atoms with E-state index < -0.39 is 5.82 Å². The van der Waals surface area contributed by atoms with Crippen LogP contribution < -0.4 is 14.4 Å². The predicted molar refractivity (Wildman–Crippen MR) is 123 cm³/mol. The van der Waals surface area contributed by atoms with E-state index in [-0.39, 0.29) is 11.0 Å². The van der Waals surface area contributed by atoms with Crippen molar-refractivity contribution < 1.29 is 13.9 Å². The van der Waals surface area contributed by atoms with Gasteiger partial charge in [0.1, 0.15) is 12.4 Å². The van der Waals surface area contributed by atoms with E-state index in [4.69, 9.17) is 21.1 Å². The topological polar surface area (TPSA) is 47.5 Å². The van der Waals surface area contributed by atoms with Crippen LogP contribution in [-0.2, 0) is 19.6 Å². The molecule has 0 fully saturated rings. The summed E-state index contributed by atoms with van der Waals surface area (Å²) in [5, 5.41) is 1.74. The van der Waals surface area contributed by atoms with Gasteiger partial charge in [-0.15, -0.1) is 0 Å². The summed E-state index contributed by atoms with van der Waals surface area (Å²) in [6.07, 6.45) is 0.687. The molecule has 0 saturated carbocycles. The monoisotopic (exact) mass is 449 g/mol. The summed E-state index contributed by atoms with van der Waals surface area (Å²) < 4.78 is 25.6. The number of benzene rings is 3. The van der Waals surface area contributed by atoms with Crippen LogP contribution in [0.5, 0.6) is 11.9 Å². The van der Waals surface area contributed by atoms with Gasteiger partial charge in [-0.2, -0.15) is 9.97 Å². The summed E-state index contributed by atoms with van der Waals surface area (Å²) in [7, 11) is 1.54. The first-order chi connectivity index (χ1) is 15.6. The average molecular weight is 450 g/mol. The molecule has 0 atom stereocenters. The molecule has 1 aromatic heterocycles. The molecule has 0 saturated heterocycles. The molecule has 0 spiro atoms. The maximum atomic E-state index is 14.2. The van der Waals surface area contributed by atoms with Gasteiger partial charge in [0.05, 0.1) is 24.4 Å². The Hall–Kier alpha value is -3.38. The van der Waals surface area contributed by atoms with Gasteiger partial charge in [-0.1, -0.05) is 60.1 Å². The van der Waals surface area contributed by atoms with Gasteiger partial charge >= 0.3 is 6.01 Å². The van der Waals surface area contributed by atoms with Crippen LogP contribution in [-0.4, -0.2) is 23.6 Å². The Labute approximate surface area is 190 Å². The van der Waals surface area contributed by atoms with E-state index in [9.17, 15) is 4.39 Å². The highest BCUT2D eigenvalue weighted by Gasteiger charge is 2.25. The Kier molecular flexibility index (Phi) is 5.53. The summed E-state index contributed by atoms with van der Waals surface area (Å²) in [4.78, 5) is 11.2. The van der Waals surface area contributed by atoms with E-state index in [0.29, 0.717) is 37.4 Å². The van der Waals surface area contributed by atoms with Crippen molar-refractivity contribution in [2.24, 2.45) is 0 Å². The van der Waals surface area contributed by atoms with E-state index in [0.717, 1.165) is 27.9 Å². The van der Waals surface area contributed by atoms with Crippen molar-refractivity contribution in [2.45, 2.75) is 19.6 Å². The molecule has 2 heterocycles. The van der Waals surface area contributed by atoms with Crippen molar-refractivity contribution >= 4 is 28.1 Å². The van der Waals surface area contributed by atoms with Crippen molar-refractivity contribution in [3.05, 3.63) is 88.3 Å². The van der Waals surface area contributed by atoms with Crippen molar-refractivity contribution in [1.29, 1.82) is 0 Å². The van der Waals surface area contributed by atoms with E-state index in [1.165, 1.54) is 13.2 Å². The molecule has 0 aliphatic carbocycles. The van der Waals surface area contributed by atoms with Crippen molar-refractivity contribution in [1.82, 2.24) is 9.97 Å². The third-order valence-corrected chi connectivity index (χ3v) is 6.03. The fourth-order valence-corrected chi connectivity index (χ4v) is 4.34. The average Bonchev–Trinajstić information content (AvgIpc) is 2.84. The highest BCUT2D eigenvalue weighted by atomic mass is 35.5. The first-order valence-corrected chi connectivity index (χ1v) is 10.7. The lowest BCUT2D eigenvalue weighted by Gasteiger charge is -2.31. The Morgan fingerprint density at radius 3 is 2.69 bits per heavy atom. The minimum absolute atomic E-state index is 0.135. The predicted octanol–water partition coefficient (Wildman–Crippen LogP) is 5.57. The Balaban J connectivity index is 1.49. The van der Waals surface area contributed by atoms with Gasteiger partial charge in [-0.05, 0) is 29.5 Å². The highest BCUT2D eigenvalue weighted by molar-refractivity contribution is 6.36. The van der Waals surface area contributed by atoms with E-state index in [2.05, 4.69) is 14.9 Å². The van der Waals surface area contributed by atoms with Crippen LogP contribution in [0.2, 0.25) is 5.02 Å². The van der Waals surface area contributed by atoms with E-state index in [1.54, 1.807) is 6.07 Å². The zero-order valence-electron chi connectivity index (χ0n) is 17.5. The fraction of sp³-hybridized carbons (Fsp3) is 0.200. The Morgan fingerprint density at radius 2 is 1.88 bits per heavy atom. The van der Waals surface area contributed by atoms with Crippen LogP contribution >= 0.6 is 11.6 Å². The second-order valence-corrected chi connectivity index (χ2v) is 8.00. The van der Waals surface area contributed by atoms with Gasteiger partial charge in [0, 0.05) is 23.2 Å². The normalized spacial score (nSPS) is 13.2. The van der Waals surface area contributed by atoms with E-state index in [1.807, 2.05) is 48.5 Å². The van der Waals surface area contributed by atoms with Gasteiger partial charge < -0.3 is 14.4 Å². The number of fused-ring (bicyclic) bond motifs is 2. The van der Waals surface area contributed by atoms with Crippen molar-refractivity contribution in [3.63, 3.8) is 0 Å². The van der Waals surface area contributed by atoms with Gasteiger partial charge in [-0.25, -0.2) is 4.39 Å². The summed E-state index contributed by atoms with van der Waals surface area (Å²) in [6.45, 7) is 1.63. The molecule has 3 aromatic carbocycles. The molecule has 5 nitrogen and oxygen atoms in total. The molecule has 0 unspecified atom stereocenters. The summed E-state index contributed by atoms with van der Waals surface area (Å²) in [6, 6.07) is 19.2. The minimum atomic E-state index is -0.426. The van der Waals surface area contributed by atoms with Crippen LogP contribution in [0.15, 0.2) is 60.7 Å². The van der Waals surface area contributed by atoms with Gasteiger partial charge in [0.2, 0.25) is 5.88 Å². The molecule has 0 N–H and O–H groups in total. The molecule has 0 bridgehead atoms. The third kappa shape index (κ3) is 3.82. The van der Waals surface area contributed by atoms with Crippen molar-refractivity contribution in [2.75, 3.05) is 18.6 Å². The number of methoxy groups -OCH3 is 1. The molecular weight excluding hydrogens is 429 g/mol.